The highest BCUT2D eigenvalue weighted by Crippen LogP contribution is 2.19. The number of amides is 3. The maximum atomic E-state index is 11.3. The molecule has 0 aromatic carbocycles. The lowest BCUT2D eigenvalue weighted by Crippen LogP contribution is -2.33. The molecule has 2 atom stereocenters. The highest BCUT2D eigenvalue weighted by atomic mass is 31.0. The van der Waals surface area contributed by atoms with Crippen molar-refractivity contribution in [2.75, 3.05) is 6.54 Å². The van der Waals surface area contributed by atoms with Crippen LogP contribution in [0.5, 0.6) is 0 Å². The second-order valence-corrected chi connectivity index (χ2v) is 3.72. The number of imide groups is 1. The van der Waals surface area contributed by atoms with Gasteiger partial charge in [0.25, 0.3) is 0 Å². The summed E-state index contributed by atoms with van der Waals surface area (Å²) in [5, 5.41) is 0. The molecule has 1 fully saturated rings. The molecular weight excluding hydrogens is 191 g/mol. The van der Waals surface area contributed by atoms with Crippen molar-refractivity contribution in [2.45, 2.75) is 18.5 Å². The van der Waals surface area contributed by atoms with E-state index in [2.05, 4.69) is 9.24 Å². The summed E-state index contributed by atoms with van der Waals surface area (Å²) in [5.41, 5.74) is 4.57. The van der Waals surface area contributed by atoms with Gasteiger partial charge in [0, 0.05) is 19.4 Å². The molecule has 72 valence electrons. The second-order valence-electron chi connectivity index (χ2n) is 2.91. The van der Waals surface area contributed by atoms with Crippen LogP contribution in [0.15, 0.2) is 0 Å². The normalized spacial score (nSPS) is 22.5. The van der Waals surface area contributed by atoms with E-state index in [-0.39, 0.29) is 36.9 Å². The smallest absolute Gasteiger partial charge is 0.236 e. The number of hydrogen-bond acceptors (Lipinski definition) is 3. The first kappa shape index (κ1) is 10.1. The molecule has 0 saturated carbocycles. The topological polar surface area (TPSA) is 80.5 Å². The van der Waals surface area contributed by atoms with Gasteiger partial charge in [-0.2, -0.15) is 0 Å². The van der Waals surface area contributed by atoms with Gasteiger partial charge in [-0.3, -0.25) is 19.3 Å². The third kappa shape index (κ3) is 2.25. The SMILES string of the molecule is NC(=O)CCN1C(=O)CC(P)C1=O. The van der Waals surface area contributed by atoms with E-state index in [4.69, 9.17) is 5.73 Å². The highest BCUT2D eigenvalue weighted by molar-refractivity contribution is 7.19. The molecule has 2 unspecified atom stereocenters. The number of carbonyl (C=O) groups excluding carboxylic acids is 3. The summed E-state index contributed by atoms with van der Waals surface area (Å²) in [6, 6.07) is 0. The Morgan fingerprint density at radius 2 is 2.23 bits per heavy atom. The Kier molecular flexibility index (Phi) is 2.98. The average Bonchev–Trinajstić information content (AvgIpc) is 2.24. The minimum atomic E-state index is -0.507. The van der Waals surface area contributed by atoms with Gasteiger partial charge in [0.1, 0.15) is 0 Å². The largest absolute Gasteiger partial charge is 0.370 e. The van der Waals surface area contributed by atoms with E-state index in [1.807, 2.05) is 0 Å². The number of carbonyl (C=O) groups is 3. The molecule has 0 aromatic rings. The van der Waals surface area contributed by atoms with Gasteiger partial charge in [0.15, 0.2) is 0 Å². The fraction of sp³-hybridized carbons (Fsp3) is 0.571. The molecule has 6 heteroatoms. The third-order valence-corrected chi connectivity index (χ3v) is 2.38. The summed E-state index contributed by atoms with van der Waals surface area (Å²) in [5.74, 6) is -0.977. The summed E-state index contributed by atoms with van der Waals surface area (Å²) in [4.78, 5) is 33.9. The van der Waals surface area contributed by atoms with Gasteiger partial charge in [-0.1, -0.05) is 0 Å². The molecule has 1 saturated heterocycles. The van der Waals surface area contributed by atoms with Crippen molar-refractivity contribution in [3.05, 3.63) is 0 Å². The lowest BCUT2D eigenvalue weighted by atomic mass is 10.4. The lowest BCUT2D eigenvalue weighted by molar-refractivity contribution is -0.138. The molecule has 2 N–H and O–H groups in total. The van der Waals surface area contributed by atoms with Crippen LogP contribution >= 0.6 is 9.24 Å². The number of likely N-dealkylation sites (tertiary alicyclic amines) is 1. The molecule has 1 aliphatic rings. The Labute approximate surface area is 77.8 Å². The third-order valence-electron chi connectivity index (χ3n) is 1.86. The average molecular weight is 202 g/mol. The quantitative estimate of drug-likeness (QED) is 0.464. The van der Waals surface area contributed by atoms with Crippen molar-refractivity contribution in [2.24, 2.45) is 5.73 Å². The monoisotopic (exact) mass is 202 g/mol. The predicted octanol–water partition coefficient (Wildman–Crippen LogP) is -1.14. The Hall–Kier alpha value is -0.960. The van der Waals surface area contributed by atoms with Gasteiger partial charge in [-0.25, -0.2) is 0 Å². The summed E-state index contributed by atoms with van der Waals surface area (Å²) < 4.78 is 0. The molecule has 1 aliphatic heterocycles. The number of nitrogens with two attached hydrogens (primary N) is 1. The van der Waals surface area contributed by atoms with Crippen LogP contribution < -0.4 is 5.73 Å². The van der Waals surface area contributed by atoms with Crippen LogP contribution in [0.2, 0.25) is 0 Å². The van der Waals surface area contributed by atoms with Crippen molar-refractivity contribution in [1.29, 1.82) is 0 Å². The fourth-order valence-electron chi connectivity index (χ4n) is 1.17. The summed E-state index contributed by atoms with van der Waals surface area (Å²) >= 11 is 0. The second kappa shape index (κ2) is 3.83. The molecule has 0 bridgehead atoms. The Balaban J connectivity index is 2.54. The highest BCUT2D eigenvalue weighted by Gasteiger charge is 2.35. The van der Waals surface area contributed by atoms with E-state index in [9.17, 15) is 14.4 Å². The zero-order valence-electron chi connectivity index (χ0n) is 7.03. The first-order chi connectivity index (χ1) is 6.02. The first-order valence-corrected chi connectivity index (χ1v) is 4.57. The number of nitrogens with zero attached hydrogens (tertiary/aromatic N) is 1. The zero-order chi connectivity index (χ0) is 10.0. The number of hydrogen-bond donors (Lipinski definition) is 1. The van der Waals surface area contributed by atoms with Gasteiger partial charge in [-0.15, -0.1) is 9.24 Å². The molecule has 1 heterocycles. The number of rotatable bonds is 3. The fourth-order valence-corrected chi connectivity index (χ4v) is 1.55. The van der Waals surface area contributed by atoms with Crippen molar-refractivity contribution >= 4 is 27.0 Å². The van der Waals surface area contributed by atoms with E-state index in [1.54, 1.807) is 0 Å². The molecule has 13 heavy (non-hydrogen) atoms. The Morgan fingerprint density at radius 1 is 1.62 bits per heavy atom. The van der Waals surface area contributed by atoms with Crippen LogP contribution in [0.3, 0.4) is 0 Å². The van der Waals surface area contributed by atoms with Gasteiger partial charge >= 0.3 is 0 Å². The molecule has 0 aliphatic carbocycles. The minimum absolute atomic E-state index is 0.0366. The lowest BCUT2D eigenvalue weighted by Gasteiger charge is -2.12. The summed E-state index contributed by atoms with van der Waals surface area (Å²) in [7, 11) is 2.31. The van der Waals surface area contributed by atoms with E-state index in [0.717, 1.165) is 4.90 Å². The van der Waals surface area contributed by atoms with Crippen LogP contribution in [-0.2, 0) is 14.4 Å². The molecule has 0 radical (unpaired) electrons. The van der Waals surface area contributed by atoms with Crippen LogP contribution in [0.25, 0.3) is 0 Å². The molecular formula is C7H11N2O3P. The first-order valence-electron chi connectivity index (χ1n) is 3.90. The van der Waals surface area contributed by atoms with Crippen LogP contribution in [-0.4, -0.2) is 34.8 Å². The van der Waals surface area contributed by atoms with Gasteiger partial charge in [0.2, 0.25) is 17.7 Å². The standard InChI is InChI=1S/C7H11N2O3P/c8-5(10)1-2-9-6(11)3-4(13)7(9)12/h4H,1-3,13H2,(H2,8,10). The molecule has 3 amide bonds. The van der Waals surface area contributed by atoms with Gasteiger partial charge < -0.3 is 5.73 Å². The van der Waals surface area contributed by atoms with E-state index in [0.29, 0.717) is 0 Å². The molecule has 0 spiro atoms. The van der Waals surface area contributed by atoms with Gasteiger partial charge in [-0.05, 0) is 0 Å². The van der Waals surface area contributed by atoms with E-state index >= 15 is 0 Å². The Morgan fingerprint density at radius 3 is 2.62 bits per heavy atom. The van der Waals surface area contributed by atoms with Crippen LogP contribution in [0.4, 0.5) is 0 Å². The molecule has 1 rings (SSSR count). The van der Waals surface area contributed by atoms with E-state index < -0.39 is 5.91 Å². The summed E-state index contributed by atoms with van der Waals surface area (Å²) in [6.45, 7) is 0.109. The van der Waals surface area contributed by atoms with Crippen molar-refractivity contribution in [1.82, 2.24) is 4.90 Å². The van der Waals surface area contributed by atoms with Crippen LogP contribution in [0, 0.1) is 0 Å². The molecule has 5 nitrogen and oxygen atoms in total. The summed E-state index contributed by atoms with van der Waals surface area (Å²) in [6.07, 6.45) is 0.247. The maximum Gasteiger partial charge on any atom is 0.236 e. The van der Waals surface area contributed by atoms with Crippen molar-refractivity contribution < 1.29 is 14.4 Å². The maximum absolute atomic E-state index is 11.3. The van der Waals surface area contributed by atoms with Crippen molar-refractivity contribution in [3.63, 3.8) is 0 Å². The van der Waals surface area contributed by atoms with E-state index in [1.165, 1.54) is 0 Å². The van der Waals surface area contributed by atoms with Gasteiger partial charge in [0.05, 0.1) is 5.66 Å². The number of primary amides is 1. The molecule has 0 aromatic heterocycles. The minimum Gasteiger partial charge on any atom is -0.370 e. The van der Waals surface area contributed by atoms with Crippen LogP contribution in [0.1, 0.15) is 12.8 Å². The van der Waals surface area contributed by atoms with Crippen molar-refractivity contribution in [3.8, 4) is 0 Å². The predicted molar refractivity (Wildman–Crippen MR) is 48.6 cm³/mol. The zero-order valence-corrected chi connectivity index (χ0v) is 8.18. The Bertz CT molecular complexity index is 266.